The van der Waals surface area contributed by atoms with Crippen molar-refractivity contribution in [3.8, 4) is 0 Å². The van der Waals surface area contributed by atoms with Gasteiger partial charge in [0.2, 0.25) is 0 Å². The summed E-state index contributed by atoms with van der Waals surface area (Å²) in [7, 11) is 1.49. The van der Waals surface area contributed by atoms with Gasteiger partial charge in [-0.15, -0.1) is 0 Å². The molecule has 3 heteroatoms. The quantitative estimate of drug-likeness (QED) is 0.586. The van der Waals surface area contributed by atoms with Crippen LogP contribution >= 0.6 is 0 Å². The fourth-order valence-corrected chi connectivity index (χ4v) is 0.329. The van der Waals surface area contributed by atoms with E-state index in [0.29, 0.717) is 0 Å². The Morgan fingerprint density at radius 1 is 1.88 bits per heavy atom. The summed E-state index contributed by atoms with van der Waals surface area (Å²) in [5, 5.41) is 8.14. The predicted molar refractivity (Wildman–Crippen MR) is 28.7 cm³/mol. The number of ether oxygens (including phenoxy) is 1. The van der Waals surface area contributed by atoms with E-state index in [9.17, 15) is 4.79 Å². The highest BCUT2D eigenvalue weighted by Gasteiger charge is 2.03. The van der Waals surface area contributed by atoms with Crippen LogP contribution in [0.2, 0.25) is 0 Å². The monoisotopic (exact) mass is 118 g/mol. The van der Waals surface area contributed by atoms with Crippen molar-refractivity contribution in [2.75, 3.05) is 7.11 Å². The number of rotatable bonds is 3. The lowest BCUT2D eigenvalue weighted by Crippen LogP contribution is -2.10. The fourth-order valence-electron chi connectivity index (χ4n) is 0.329. The van der Waals surface area contributed by atoms with Crippen LogP contribution in [0.1, 0.15) is 13.3 Å². The van der Waals surface area contributed by atoms with Crippen molar-refractivity contribution in [1.82, 2.24) is 0 Å². The lowest BCUT2D eigenvalue weighted by Gasteiger charge is -2.02. The van der Waals surface area contributed by atoms with Gasteiger partial charge >= 0.3 is 5.97 Å². The molecule has 1 N–H and O–H groups in total. The third-order valence-electron chi connectivity index (χ3n) is 0.864. The maximum atomic E-state index is 9.89. The molecule has 0 spiro atoms. The van der Waals surface area contributed by atoms with E-state index < -0.39 is 5.97 Å². The second kappa shape index (κ2) is 3.43. The number of carbonyl (C=O) groups is 1. The largest absolute Gasteiger partial charge is 0.481 e. The molecule has 48 valence electrons. The predicted octanol–water partition coefficient (Wildman–Crippen LogP) is 0.496. The molecule has 0 saturated carbocycles. The summed E-state index contributed by atoms with van der Waals surface area (Å²) < 4.78 is 4.68. The van der Waals surface area contributed by atoms with E-state index in [-0.39, 0.29) is 12.5 Å². The minimum atomic E-state index is -0.820. The van der Waals surface area contributed by atoms with Gasteiger partial charge in [-0.2, -0.15) is 0 Å². The van der Waals surface area contributed by atoms with Crippen LogP contribution in [0, 0.1) is 0 Å². The number of carboxylic acid groups (broad SMARTS) is 1. The van der Waals surface area contributed by atoms with Gasteiger partial charge < -0.3 is 9.84 Å². The minimum absolute atomic E-state index is 0.0799. The zero-order chi connectivity index (χ0) is 6.57. The third kappa shape index (κ3) is 3.61. The molecule has 0 unspecified atom stereocenters. The first-order chi connectivity index (χ1) is 3.66. The average Bonchev–Trinajstić information content (AvgIpc) is 1.65. The normalized spacial score (nSPS) is 13.2. The molecule has 0 rings (SSSR count). The van der Waals surface area contributed by atoms with E-state index >= 15 is 0 Å². The molecule has 0 aromatic heterocycles. The Labute approximate surface area is 48.3 Å². The molecule has 0 heterocycles. The summed E-state index contributed by atoms with van der Waals surface area (Å²) >= 11 is 0. The van der Waals surface area contributed by atoms with Crippen LogP contribution in [-0.4, -0.2) is 24.3 Å². The first-order valence-corrected chi connectivity index (χ1v) is 2.41. The van der Waals surface area contributed by atoms with Gasteiger partial charge in [-0.05, 0) is 6.92 Å². The maximum absolute atomic E-state index is 9.89. The summed E-state index contributed by atoms with van der Waals surface area (Å²) in [6.07, 6.45) is -0.0938. The fraction of sp³-hybridized carbons (Fsp3) is 0.800. The molecule has 0 amide bonds. The Kier molecular flexibility index (Phi) is 3.19. The van der Waals surface area contributed by atoms with Crippen LogP contribution in [-0.2, 0) is 9.53 Å². The van der Waals surface area contributed by atoms with Gasteiger partial charge in [0.1, 0.15) is 0 Å². The highest BCUT2D eigenvalue weighted by atomic mass is 16.5. The van der Waals surface area contributed by atoms with Crippen molar-refractivity contribution < 1.29 is 14.6 Å². The molecule has 0 aliphatic heterocycles. The highest BCUT2D eigenvalue weighted by Crippen LogP contribution is 1.92. The molecule has 0 aromatic rings. The molecule has 0 radical (unpaired) electrons. The number of methoxy groups -OCH3 is 1. The first-order valence-electron chi connectivity index (χ1n) is 2.41. The molecule has 0 saturated heterocycles. The van der Waals surface area contributed by atoms with Crippen molar-refractivity contribution in [2.24, 2.45) is 0 Å². The Hall–Kier alpha value is -0.570. The van der Waals surface area contributed by atoms with Crippen LogP contribution in [0.25, 0.3) is 0 Å². The summed E-state index contributed by atoms with van der Waals surface area (Å²) in [6.45, 7) is 1.72. The number of hydrogen-bond donors (Lipinski definition) is 1. The van der Waals surface area contributed by atoms with Crippen LogP contribution in [0.4, 0.5) is 0 Å². The Bertz CT molecular complexity index is 79.7. The van der Waals surface area contributed by atoms with Gasteiger partial charge in [-0.3, -0.25) is 4.79 Å². The number of hydrogen-bond acceptors (Lipinski definition) is 2. The second-order valence-electron chi connectivity index (χ2n) is 1.64. The van der Waals surface area contributed by atoms with Crippen molar-refractivity contribution in [3.05, 3.63) is 0 Å². The zero-order valence-corrected chi connectivity index (χ0v) is 5.05. The van der Waals surface area contributed by atoms with E-state index in [2.05, 4.69) is 4.74 Å². The van der Waals surface area contributed by atoms with Gasteiger partial charge in [0.15, 0.2) is 0 Å². The Balaban J connectivity index is 3.24. The maximum Gasteiger partial charge on any atom is 0.305 e. The smallest absolute Gasteiger partial charge is 0.305 e. The standard InChI is InChI=1S/C5H10O3/c1-4(8-2)3-5(6)7/h4H,3H2,1-2H3,(H,6,7)/t4-/m1/s1. The van der Waals surface area contributed by atoms with Crippen LogP contribution in [0.15, 0.2) is 0 Å². The van der Waals surface area contributed by atoms with Crippen LogP contribution in [0.5, 0.6) is 0 Å². The van der Waals surface area contributed by atoms with Gasteiger partial charge in [-0.1, -0.05) is 0 Å². The minimum Gasteiger partial charge on any atom is -0.481 e. The van der Waals surface area contributed by atoms with Crippen molar-refractivity contribution in [2.45, 2.75) is 19.4 Å². The van der Waals surface area contributed by atoms with E-state index in [1.165, 1.54) is 7.11 Å². The van der Waals surface area contributed by atoms with Gasteiger partial charge in [0.25, 0.3) is 0 Å². The third-order valence-corrected chi connectivity index (χ3v) is 0.864. The molecule has 0 aliphatic carbocycles. The van der Waals surface area contributed by atoms with Crippen LogP contribution in [0.3, 0.4) is 0 Å². The van der Waals surface area contributed by atoms with Gasteiger partial charge in [-0.25, -0.2) is 0 Å². The summed E-state index contributed by atoms with van der Waals surface area (Å²) in [6, 6.07) is 0. The molecule has 0 aliphatic rings. The molecular weight excluding hydrogens is 108 g/mol. The summed E-state index contributed by atoms with van der Waals surface area (Å²) in [5.74, 6) is -0.820. The van der Waals surface area contributed by atoms with Gasteiger partial charge in [0.05, 0.1) is 12.5 Å². The second-order valence-corrected chi connectivity index (χ2v) is 1.64. The molecule has 0 bridgehead atoms. The molecule has 3 nitrogen and oxygen atoms in total. The van der Waals surface area contributed by atoms with E-state index in [0.717, 1.165) is 0 Å². The average molecular weight is 118 g/mol. The van der Waals surface area contributed by atoms with Crippen LogP contribution < -0.4 is 0 Å². The van der Waals surface area contributed by atoms with Crippen molar-refractivity contribution >= 4 is 5.97 Å². The zero-order valence-electron chi connectivity index (χ0n) is 5.05. The molecule has 0 fully saturated rings. The van der Waals surface area contributed by atoms with Crippen molar-refractivity contribution in [3.63, 3.8) is 0 Å². The van der Waals surface area contributed by atoms with E-state index in [4.69, 9.17) is 5.11 Å². The topological polar surface area (TPSA) is 46.5 Å². The number of aliphatic carboxylic acids is 1. The Morgan fingerprint density at radius 3 is 2.50 bits per heavy atom. The SMILES string of the molecule is CO[C@H](C)CC(=O)O. The summed E-state index contributed by atoms with van der Waals surface area (Å²) in [4.78, 5) is 9.89. The van der Waals surface area contributed by atoms with E-state index in [1.807, 2.05) is 0 Å². The van der Waals surface area contributed by atoms with Crippen molar-refractivity contribution in [1.29, 1.82) is 0 Å². The molecular formula is C5H10O3. The Morgan fingerprint density at radius 2 is 2.38 bits per heavy atom. The van der Waals surface area contributed by atoms with Gasteiger partial charge in [0, 0.05) is 7.11 Å². The summed E-state index contributed by atoms with van der Waals surface area (Å²) in [5.41, 5.74) is 0. The molecule has 8 heavy (non-hydrogen) atoms. The molecule has 0 aromatic carbocycles. The lowest BCUT2D eigenvalue weighted by molar-refractivity contribution is -0.139. The molecule has 1 atom stereocenters. The lowest BCUT2D eigenvalue weighted by atomic mass is 10.3. The highest BCUT2D eigenvalue weighted by molar-refractivity contribution is 5.67. The van der Waals surface area contributed by atoms with E-state index in [1.54, 1.807) is 6.92 Å². The number of carboxylic acids is 1. The first kappa shape index (κ1) is 7.43.